The number of hydrogen-bond acceptors (Lipinski definition) is 5. The summed E-state index contributed by atoms with van der Waals surface area (Å²) >= 11 is 4.32. The fraction of sp³-hybridized carbons (Fsp3) is 0.533. The lowest BCUT2D eigenvalue weighted by atomic mass is 10.1. The summed E-state index contributed by atoms with van der Waals surface area (Å²) in [4.78, 5) is 11.7. The molecule has 112 valence electrons. The second kappa shape index (κ2) is 8.74. The van der Waals surface area contributed by atoms with Crippen LogP contribution < -0.4 is 9.47 Å². The highest BCUT2D eigenvalue weighted by molar-refractivity contribution is 7.80. The van der Waals surface area contributed by atoms with Crippen molar-refractivity contribution in [2.75, 3.05) is 26.6 Å². The maximum Gasteiger partial charge on any atom is 0.341 e. The van der Waals surface area contributed by atoms with Gasteiger partial charge in [-0.3, -0.25) is 0 Å². The largest absolute Gasteiger partial charge is 0.497 e. The lowest BCUT2D eigenvalue weighted by Gasteiger charge is -2.16. The first-order chi connectivity index (χ1) is 9.65. The Kier molecular flexibility index (Phi) is 7.30. The first-order valence-electron chi connectivity index (χ1n) is 6.66. The van der Waals surface area contributed by atoms with E-state index in [1.807, 2.05) is 0 Å². The van der Waals surface area contributed by atoms with E-state index in [4.69, 9.17) is 14.2 Å². The van der Waals surface area contributed by atoms with Gasteiger partial charge in [0.05, 0.1) is 20.8 Å². The SMILES string of the molecule is CCCC(CS)COc1cc(OC)ccc1C(=O)OC. The van der Waals surface area contributed by atoms with Gasteiger partial charge in [0.1, 0.15) is 17.1 Å². The summed E-state index contributed by atoms with van der Waals surface area (Å²) in [6, 6.07) is 5.06. The van der Waals surface area contributed by atoms with Gasteiger partial charge in [-0.2, -0.15) is 12.6 Å². The first-order valence-corrected chi connectivity index (χ1v) is 7.29. The molecule has 1 rings (SSSR count). The van der Waals surface area contributed by atoms with E-state index in [1.165, 1.54) is 7.11 Å². The van der Waals surface area contributed by atoms with Gasteiger partial charge >= 0.3 is 5.97 Å². The first kappa shape index (κ1) is 16.7. The minimum absolute atomic E-state index is 0.361. The molecule has 1 unspecified atom stereocenters. The van der Waals surface area contributed by atoms with Crippen LogP contribution in [0.5, 0.6) is 11.5 Å². The second-order valence-corrected chi connectivity index (χ2v) is 4.87. The highest BCUT2D eigenvalue weighted by Gasteiger charge is 2.16. The van der Waals surface area contributed by atoms with E-state index in [2.05, 4.69) is 19.6 Å². The predicted octanol–water partition coefficient (Wildman–Crippen LogP) is 3.21. The molecule has 0 aliphatic heterocycles. The zero-order valence-corrected chi connectivity index (χ0v) is 13.1. The topological polar surface area (TPSA) is 44.8 Å². The van der Waals surface area contributed by atoms with Gasteiger partial charge in [-0.1, -0.05) is 13.3 Å². The molecule has 0 saturated carbocycles. The van der Waals surface area contributed by atoms with Crippen LogP contribution >= 0.6 is 12.6 Å². The van der Waals surface area contributed by atoms with Crippen LogP contribution in [-0.4, -0.2) is 32.5 Å². The molecule has 0 aliphatic carbocycles. The summed E-state index contributed by atoms with van der Waals surface area (Å²) in [5.74, 6) is 1.83. The molecule has 0 heterocycles. The molecule has 1 aromatic carbocycles. The van der Waals surface area contributed by atoms with Crippen molar-refractivity contribution in [2.24, 2.45) is 5.92 Å². The van der Waals surface area contributed by atoms with Crippen molar-refractivity contribution in [3.05, 3.63) is 23.8 Å². The Morgan fingerprint density at radius 2 is 2.10 bits per heavy atom. The quantitative estimate of drug-likeness (QED) is 0.591. The van der Waals surface area contributed by atoms with Crippen LogP contribution in [-0.2, 0) is 4.74 Å². The van der Waals surface area contributed by atoms with E-state index in [0.29, 0.717) is 29.6 Å². The number of hydrogen-bond donors (Lipinski definition) is 1. The summed E-state index contributed by atoms with van der Waals surface area (Å²) in [6.07, 6.45) is 2.12. The number of rotatable bonds is 8. The van der Waals surface area contributed by atoms with Crippen molar-refractivity contribution >= 4 is 18.6 Å². The molecule has 0 radical (unpaired) electrons. The minimum Gasteiger partial charge on any atom is -0.497 e. The molecular weight excluding hydrogens is 276 g/mol. The van der Waals surface area contributed by atoms with E-state index in [9.17, 15) is 4.79 Å². The molecule has 0 fully saturated rings. The molecule has 0 N–H and O–H groups in total. The maximum atomic E-state index is 11.7. The zero-order chi connectivity index (χ0) is 15.0. The number of ether oxygens (including phenoxy) is 3. The van der Waals surface area contributed by atoms with Gasteiger partial charge in [-0.05, 0) is 24.3 Å². The fourth-order valence-corrected chi connectivity index (χ4v) is 2.16. The molecule has 0 saturated heterocycles. The Hall–Kier alpha value is -1.36. The van der Waals surface area contributed by atoms with Crippen molar-refractivity contribution in [1.29, 1.82) is 0 Å². The third kappa shape index (κ3) is 4.63. The minimum atomic E-state index is -0.416. The van der Waals surface area contributed by atoms with E-state index in [0.717, 1.165) is 18.6 Å². The number of carbonyl (C=O) groups excluding carboxylic acids is 1. The second-order valence-electron chi connectivity index (χ2n) is 4.50. The standard InChI is InChI=1S/C15H22O4S/c1-4-5-11(10-20)9-19-14-8-12(17-2)6-7-13(14)15(16)18-3/h6-8,11,20H,4-5,9-10H2,1-3H3. The highest BCUT2D eigenvalue weighted by Crippen LogP contribution is 2.26. The van der Waals surface area contributed by atoms with E-state index < -0.39 is 5.97 Å². The number of methoxy groups -OCH3 is 2. The van der Waals surface area contributed by atoms with Crippen molar-refractivity contribution in [2.45, 2.75) is 19.8 Å². The van der Waals surface area contributed by atoms with E-state index in [-0.39, 0.29) is 0 Å². The number of thiol groups is 1. The molecule has 5 heteroatoms. The van der Waals surface area contributed by atoms with Crippen molar-refractivity contribution in [3.8, 4) is 11.5 Å². The monoisotopic (exact) mass is 298 g/mol. The molecule has 1 aromatic rings. The molecule has 1 atom stereocenters. The average Bonchev–Trinajstić information content (AvgIpc) is 2.50. The van der Waals surface area contributed by atoms with Crippen LogP contribution in [0.1, 0.15) is 30.1 Å². The van der Waals surface area contributed by atoms with E-state index >= 15 is 0 Å². The zero-order valence-electron chi connectivity index (χ0n) is 12.2. The normalized spacial score (nSPS) is 11.8. The van der Waals surface area contributed by atoms with Gasteiger partial charge in [-0.15, -0.1) is 0 Å². The Labute approximate surface area is 125 Å². The lowest BCUT2D eigenvalue weighted by Crippen LogP contribution is -2.15. The summed E-state index contributed by atoms with van der Waals surface area (Å²) in [5, 5.41) is 0. The summed E-state index contributed by atoms with van der Waals surface area (Å²) in [6.45, 7) is 2.65. The lowest BCUT2D eigenvalue weighted by molar-refractivity contribution is 0.0595. The van der Waals surface area contributed by atoms with Crippen LogP contribution in [0.25, 0.3) is 0 Å². The summed E-state index contributed by atoms with van der Waals surface area (Å²) in [7, 11) is 2.93. The fourth-order valence-electron chi connectivity index (χ4n) is 1.87. The van der Waals surface area contributed by atoms with Gasteiger partial charge in [0.25, 0.3) is 0 Å². The Morgan fingerprint density at radius 1 is 1.35 bits per heavy atom. The molecule has 0 aliphatic rings. The van der Waals surface area contributed by atoms with Gasteiger partial charge in [-0.25, -0.2) is 4.79 Å². The number of benzene rings is 1. The molecule has 20 heavy (non-hydrogen) atoms. The molecule has 0 aromatic heterocycles. The third-order valence-electron chi connectivity index (χ3n) is 3.02. The van der Waals surface area contributed by atoms with Crippen LogP contribution in [0, 0.1) is 5.92 Å². The highest BCUT2D eigenvalue weighted by atomic mass is 32.1. The number of esters is 1. The Bertz CT molecular complexity index is 434. The van der Waals surface area contributed by atoms with Crippen LogP contribution in [0.15, 0.2) is 18.2 Å². The van der Waals surface area contributed by atoms with Crippen molar-refractivity contribution < 1.29 is 19.0 Å². The maximum absolute atomic E-state index is 11.7. The molecule has 0 amide bonds. The average molecular weight is 298 g/mol. The van der Waals surface area contributed by atoms with Gasteiger partial charge in [0.2, 0.25) is 0 Å². The van der Waals surface area contributed by atoms with Crippen LogP contribution in [0.4, 0.5) is 0 Å². The van der Waals surface area contributed by atoms with Crippen molar-refractivity contribution in [3.63, 3.8) is 0 Å². The van der Waals surface area contributed by atoms with Crippen LogP contribution in [0.3, 0.4) is 0 Å². The Balaban J connectivity index is 2.87. The smallest absolute Gasteiger partial charge is 0.341 e. The molecule has 0 bridgehead atoms. The third-order valence-corrected chi connectivity index (χ3v) is 3.54. The van der Waals surface area contributed by atoms with Crippen LogP contribution in [0.2, 0.25) is 0 Å². The van der Waals surface area contributed by atoms with Gasteiger partial charge < -0.3 is 14.2 Å². The molecular formula is C15H22O4S. The summed E-state index contributed by atoms with van der Waals surface area (Å²) < 4.78 is 15.7. The molecule has 4 nitrogen and oxygen atoms in total. The van der Waals surface area contributed by atoms with E-state index in [1.54, 1.807) is 25.3 Å². The number of carbonyl (C=O) groups is 1. The molecule has 0 spiro atoms. The van der Waals surface area contributed by atoms with Gasteiger partial charge in [0.15, 0.2) is 0 Å². The van der Waals surface area contributed by atoms with Crippen molar-refractivity contribution in [1.82, 2.24) is 0 Å². The Morgan fingerprint density at radius 3 is 2.65 bits per heavy atom. The van der Waals surface area contributed by atoms with Gasteiger partial charge in [0, 0.05) is 12.0 Å². The predicted molar refractivity (Wildman–Crippen MR) is 82.1 cm³/mol. The summed E-state index contributed by atoms with van der Waals surface area (Å²) in [5.41, 5.74) is 0.405.